The molecule has 1 saturated carbocycles. The number of hydrogen-bond donors (Lipinski definition) is 2. The maximum absolute atomic E-state index is 11.6. The third kappa shape index (κ3) is 31.5. The number of amides is 2. The van der Waals surface area contributed by atoms with Gasteiger partial charge in [-0.2, -0.15) is 0 Å². The third-order valence-corrected chi connectivity index (χ3v) is 9.33. The summed E-state index contributed by atoms with van der Waals surface area (Å²) in [4.78, 5) is 24.4. The number of nitrogens with two attached hydrogens (primary N) is 1. The Morgan fingerprint density at radius 3 is 2.12 bits per heavy atom. The molecule has 0 bridgehead atoms. The summed E-state index contributed by atoms with van der Waals surface area (Å²) >= 11 is 0. The average molecular weight is 683 g/mol. The monoisotopic (exact) mass is 682 g/mol. The Morgan fingerprint density at radius 2 is 1.65 bits per heavy atom. The number of unbranched alkanes of at least 4 members (excludes halogenated alkanes) is 4. The minimum absolute atomic E-state index is 0.0462. The molecule has 1 aromatic rings. The molecule has 0 radical (unpaired) electrons. The number of hydrogen-bond acceptors (Lipinski definition) is 4. The Morgan fingerprint density at radius 1 is 1.02 bits per heavy atom. The van der Waals surface area contributed by atoms with Crippen LogP contribution in [0.1, 0.15) is 110 Å². The van der Waals surface area contributed by atoms with Crippen molar-refractivity contribution < 1.29 is 13.8 Å². The van der Waals surface area contributed by atoms with Crippen LogP contribution in [0.3, 0.4) is 0 Å². The zero-order chi connectivity index (χ0) is 36.4. The second-order valence-electron chi connectivity index (χ2n) is 12.2. The summed E-state index contributed by atoms with van der Waals surface area (Å²) in [7, 11) is 0.706. The number of nitrogens with one attached hydrogen (secondary N) is 1. The number of aryl methyl sites for hydroxylation is 1. The van der Waals surface area contributed by atoms with E-state index in [4.69, 9.17) is 18.6 Å². The molecule has 1 aromatic carbocycles. The van der Waals surface area contributed by atoms with E-state index in [1.165, 1.54) is 37.7 Å². The second-order valence-corrected chi connectivity index (χ2v) is 13.9. The van der Waals surface area contributed by atoms with Crippen molar-refractivity contribution in [3.05, 3.63) is 35.9 Å². The lowest BCUT2D eigenvalue weighted by Gasteiger charge is -2.22. The Balaban J connectivity index is 0. The number of carbonyl (C=O) groups excluding carboxylic acids is 2. The molecule has 2 unspecified atom stereocenters. The van der Waals surface area contributed by atoms with Gasteiger partial charge in [-0.05, 0) is 57.7 Å². The van der Waals surface area contributed by atoms with Gasteiger partial charge >= 0.3 is 0 Å². The van der Waals surface area contributed by atoms with Gasteiger partial charge in [0.25, 0.3) is 0 Å². The number of terminal acetylenes is 2. The van der Waals surface area contributed by atoms with Crippen LogP contribution in [-0.2, 0) is 20.6 Å². The first-order valence-corrected chi connectivity index (χ1v) is 19.1. The average Bonchev–Trinajstić information content (AvgIpc) is 3.08. The zero-order valence-corrected chi connectivity index (χ0v) is 31.8. The van der Waals surface area contributed by atoms with Crippen LogP contribution in [-0.4, -0.2) is 70.8 Å². The summed E-state index contributed by atoms with van der Waals surface area (Å²) in [5, 5.41) is 2.90. The molecule has 2 amide bonds. The highest BCUT2D eigenvalue weighted by atomic mass is 32.2. The largest absolute Gasteiger partial charge is 0.370 e. The summed E-state index contributed by atoms with van der Waals surface area (Å²) in [6.07, 6.45) is 23.4. The topological polar surface area (TPSA) is 95.7 Å². The van der Waals surface area contributed by atoms with Gasteiger partial charge in [-0.3, -0.25) is 9.59 Å². The molecular weight excluding hydrogens is 617 g/mol. The third-order valence-electron chi connectivity index (χ3n) is 7.89. The fourth-order valence-electron chi connectivity index (χ4n) is 4.55. The van der Waals surface area contributed by atoms with Gasteiger partial charge < -0.3 is 16.0 Å². The molecule has 8 heteroatoms. The standard InChI is InChI=1S/C16H21NO.C10H23N3O2S.C7H14.C7H8/c1-4-6-8-9-10-12-14-17-16(18)15(3)13-11-7-5-2;1-4-13(5-2)8-7-12(3)16(15)9-6-10(11)14;2*1-7-5-3-2-4-6-7/h1-2,15H,6,8-10,12-14H2,3H3,(H,17,18);4-9H2,1-3H3,(H2,11,14);7H,2-6H2,1H3;2-6H,1H3. The van der Waals surface area contributed by atoms with Gasteiger partial charge in [0.2, 0.25) is 11.8 Å². The van der Waals surface area contributed by atoms with Crippen molar-refractivity contribution in [2.75, 3.05) is 45.5 Å². The SMILES string of the molecule is C#CC#CCC(C)C(=O)NCCCCCCC#C.CC1CCCCC1.CCN(CC)CCN(C)S(=O)CCC(N)=O.Cc1ccccc1. The molecule has 0 spiro atoms. The van der Waals surface area contributed by atoms with Gasteiger partial charge in [-0.15, -0.1) is 18.8 Å². The molecule has 1 fully saturated rings. The van der Waals surface area contributed by atoms with Gasteiger partial charge in [0, 0.05) is 50.6 Å². The summed E-state index contributed by atoms with van der Waals surface area (Å²) in [5.41, 5.74) is 6.33. The fraction of sp³-hybridized carbons (Fsp3) is 0.650. The molecule has 7 nitrogen and oxygen atoms in total. The van der Waals surface area contributed by atoms with Crippen LogP contribution in [0.2, 0.25) is 0 Å². The quantitative estimate of drug-likeness (QED) is 0.141. The van der Waals surface area contributed by atoms with E-state index in [0.29, 0.717) is 12.2 Å². The first-order valence-electron chi connectivity index (χ1n) is 17.8. The first kappa shape index (κ1) is 47.0. The number of carbonyl (C=O) groups is 2. The molecule has 1 aliphatic carbocycles. The predicted molar refractivity (Wildman–Crippen MR) is 206 cm³/mol. The van der Waals surface area contributed by atoms with Crippen molar-refractivity contribution in [1.29, 1.82) is 0 Å². The van der Waals surface area contributed by atoms with Crippen LogP contribution in [0.15, 0.2) is 30.3 Å². The van der Waals surface area contributed by atoms with Crippen molar-refractivity contribution >= 4 is 22.8 Å². The molecule has 270 valence electrons. The predicted octanol–water partition coefficient (Wildman–Crippen LogP) is 6.73. The van der Waals surface area contributed by atoms with E-state index < -0.39 is 16.9 Å². The molecule has 48 heavy (non-hydrogen) atoms. The van der Waals surface area contributed by atoms with Gasteiger partial charge in [0.05, 0.1) is 11.0 Å². The minimum Gasteiger partial charge on any atom is -0.370 e. The van der Waals surface area contributed by atoms with Crippen LogP contribution >= 0.6 is 0 Å². The van der Waals surface area contributed by atoms with Gasteiger partial charge in [-0.1, -0.05) is 114 Å². The lowest BCUT2D eigenvalue weighted by atomic mass is 9.91. The minimum atomic E-state index is -1.10. The lowest BCUT2D eigenvalue weighted by Crippen LogP contribution is -2.35. The first-order chi connectivity index (χ1) is 23.0. The van der Waals surface area contributed by atoms with Crippen LogP contribution in [0.5, 0.6) is 0 Å². The Bertz CT molecular complexity index is 1110. The highest BCUT2D eigenvalue weighted by molar-refractivity contribution is 7.82. The lowest BCUT2D eigenvalue weighted by molar-refractivity contribution is -0.124. The smallest absolute Gasteiger partial charge is 0.223 e. The van der Waals surface area contributed by atoms with E-state index in [1.54, 1.807) is 11.4 Å². The van der Waals surface area contributed by atoms with Crippen LogP contribution < -0.4 is 11.1 Å². The van der Waals surface area contributed by atoms with Gasteiger partial charge in [0.1, 0.15) is 0 Å². The molecule has 3 N–H and O–H groups in total. The number of benzene rings is 1. The summed E-state index contributed by atoms with van der Waals surface area (Å²) in [5.74, 6) is 11.0. The maximum atomic E-state index is 11.6. The number of rotatable bonds is 17. The van der Waals surface area contributed by atoms with Crippen LogP contribution in [0.4, 0.5) is 0 Å². The molecule has 0 aliphatic heterocycles. The van der Waals surface area contributed by atoms with E-state index in [-0.39, 0.29) is 18.2 Å². The van der Waals surface area contributed by atoms with Crippen molar-refractivity contribution in [3.8, 4) is 36.5 Å². The number of primary amides is 1. The molecule has 0 heterocycles. The highest BCUT2D eigenvalue weighted by Gasteiger charge is 2.11. The molecule has 0 saturated heterocycles. The Labute approximate surface area is 297 Å². The molecule has 0 aromatic heterocycles. The summed E-state index contributed by atoms with van der Waals surface area (Å²) in [6, 6.07) is 10.3. The van der Waals surface area contributed by atoms with E-state index in [1.807, 2.05) is 25.1 Å². The molecule has 2 atom stereocenters. The summed E-state index contributed by atoms with van der Waals surface area (Å²) in [6.45, 7) is 14.9. The van der Waals surface area contributed by atoms with Crippen molar-refractivity contribution in [3.63, 3.8) is 0 Å². The number of nitrogens with zero attached hydrogens (tertiary/aromatic N) is 2. The van der Waals surface area contributed by atoms with E-state index in [0.717, 1.165) is 70.7 Å². The normalized spacial score (nSPS) is 13.3. The van der Waals surface area contributed by atoms with E-state index in [9.17, 15) is 13.8 Å². The van der Waals surface area contributed by atoms with Crippen LogP contribution in [0.25, 0.3) is 0 Å². The molecule has 2 rings (SSSR count). The van der Waals surface area contributed by atoms with Crippen molar-refractivity contribution in [1.82, 2.24) is 14.5 Å². The van der Waals surface area contributed by atoms with Crippen molar-refractivity contribution in [2.45, 2.75) is 112 Å². The van der Waals surface area contributed by atoms with Crippen molar-refractivity contribution in [2.24, 2.45) is 17.6 Å². The Kier molecular flexibility index (Phi) is 33.1. The van der Waals surface area contributed by atoms with Gasteiger partial charge in [-0.25, -0.2) is 8.51 Å². The van der Waals surface area contributed by atoms with E-state index >= 15 is 0 Å². The highest BCUT2D eigenvalue weighted by Crippen LogP contribution is 2.22. The second kappa shape index (κ2) is 33.8. The maximum Gasteiger partial charge on any atom is 0.223 e. The summed E-state index contributed by atoms with van der Waals surface area (Å²) < 4.78 is 13.4. The van der Waals surface area contributed by atoms with Gasteiger partial charge in [0.15, 0.2) is 0 Å². The number of likely N-dealkylation sites (N-methyl/N-ethyl adjacent to an activating group) is 2. The Hall–Kier alpha value is -3.09. The van der Waals surface area contributed by atoms with Crippen LogP contribution in [0, 0.1) is 55.3 Å². The molecular formula is C40H66N4O3S. The zero-order valence-electron chi connectivity index (χ0n) is 31.0. The fourth-order valence-corrected chi connectivity index (χ4v) is 5.52. The van der Waals surface area contributed by atoms with E-state index in [2.05, 4.69) is 73.7 Å². The molecule has 1 aliphatic rings.